The van der Waals surface area contributed by atoms with Crippen LogP contribution in [0.25, 0.3) is 0 Å². The number of aliphatic hydroxyl groups is 2. The number of pyridine rings is 1. The van der Waals surface area contributed by atoms with Gasteiger partial charge in [0.05, 0.1) is 17.4 Å². The van der Waals surface area contributed by atoms with Gasteiger partial charge in [-0.1, -0.05) is 30.4 Å². The fourth-order valence-corrected chi connectivity index (χ4v) is 2.67. The van der Waals surface area contributed by atoms with E-state index in [9.17, 15) is 10.2 Å². The minimum atomic E-state index is -0.434. The molecule has 1 unspecified atom stereocenters. The van der Waals surface area contributed by atoms with Crippen LogP contribution in [0.2, 0.25) is 5.15 Å². The highest BCUT2D eigenvalue weighted by Gasteiger charge is 2.30. The normalized spacial score (nSPS) is 18.5. The number of aromatic nitrogens is 1. The molecule has 1 atom stereocenters. The minimum absolute atomic E-state index is 0.00544. The maximum Gasteiger partial charge on any atom is 0.131 e. The van der Waals surface area contributed by atoms with E-state index in [1.807, 2.05) is 6.07 Å². The number of halogens is 1. The van der Waals surface area contributed by atoms with Crippen molar-refractivity contribution in [1.82, 2.24) is 4.98 Å². The second-order valence-electron chi connectivity index (χ2n) is 6.33. The van der Waals surface area contributed by atoms with Crippen molar-refractivity contribution in [3.63, 3.8) is 0 Å². The van der Waals surface area contributed by atoms with Crippen molar-refractivity contribution in [2.24, 2.45) is 5.41 Å². The van der Waals surface area contributed by atoms with Crippen LogP contribution in [0.4, 0.5) is 5.69 Å². The van der Waals surface area contributed by atoms with Crippen LogP contribution in [0.1, 0.15) is 38.7 Å². The van der Waals surface area contributed by atoms with Crippen LogP contribution < -0.4 is 4.90 Å². The molecule has 1 aliphatic heterocycles. The molecule has 0 aliphatic carbocycles. The molecule has 1 saturated heterocycles. The Morgan fingerprint density at radius 3 is 2.73 bits per heavy atom. The number of aliphatic hydroxyl groups excluding tert-OH is 2. The van der Waals surface area contributed by atoms with Crippen LogP contribution in [-0.4, -0.2) is 41.0 Å². The van der Waals surface area contributed by atoms with Crippen molar-refractivity contribution in [1.29, 1.82) is 0 Å². The zero-order valence-corrected chi connectivity index (χ0v) is 13.9. The molecule has 1 fully saturated rings. The number of rotatable bonds is 3. The fourth-order valence-electron chi connectivity index (χ4n) is 2.52. The van der Waals surface area contributed by atoms with Gasteiger partial charge in [-0.25, -0.2) is 4.98 Å². The highest BCUT2D eigenvalue weighted by molar-refractivity contribution is 6.29. The lowest BCUT2D eigenvalue weighted by Crippen LogP contribution is -2.40. The third-order valence-corrected chi connectivity index (χ3v) is 4.37. The Morgan fingerprint density at radius 1 is 1.45 bits per heavy atom. The Hall–Kier alpha value is -1.28. The van der Waals surface area contributed by atoms with Crippen LogP contribution in [-0.2, 0) is 0 Å². The van der Waals surface area contributed by atoms with E-state index in [1.54, 1.807) is 13.1 Å². The van der Waals surface area contributed by atoms with Crippen molar-refractivity contribution >= 4 is 17.3 Å². The first-order chi connectivity index (χ1) is 10.4. The molecule has 5 heteroatoms. The lowest BCUT2D eigenvalue weighted by atomic mass is 9.81. The molecular weight excluding hydrogens is 300 g/mol. The van der Waals surface area contributed by atoms with Gasteiger partial charge in [0.2, 0.25) is 0 Å². The Kier molecular flexibility index (Phi) is 5.69. The van der Waals surface area contributed by atoms with E-state index < -0.39 is 6.10 Å². The topological polar surface area (TPSA) is 56.6 Å². The average molecular weight is 323 g/mol. The van der Waals surface area contributed by atoms with Gasteiger partial charge < -0.3 is 15.1 Å². The molecule has 2 N–H and O–H groups in total. The number of piperidine rings is 1. The molecule has 1 aromatic rings. The fraction of sp³-hybridized carbons (Fsp3) is 0.588. The van der Waals surface area contributed by atoms with Gasteiger partial charge in [0.25, 0.3) is 0 Å². The Morgan fingerprint density at radius 2 is 2.14 bits per heavy atom. The number of hydrogen-bond donors (Lipinski definition) is 2. The van der Waals surface area contributed by atoms with Gasteiger partial charge in [-0.05, 0) is 25.2 Å². The van der Waals surface area contributed by atoms with Crippen molar-refractivity contribution < 1.29 is 10.2 Å². The van der Waals surface area contributed by atoms with E-state index in [0.717, 1.165) is 37.2 Å². The highest BCUT2D eigenvalue weighted by Crippen LogP contribution is 2.34. The monoisotopic (exact) mass is 322 g/mol. The molecule has 0 spiro atoms. The smallest absolute Gasteiger partial charge is 0.131 e. The lowest BCUT2D eigenvalue weighted by Gasteiger charge is -2.39. The van der Waals surface area contributed by atoms with Crippen molar-refractivity contribution in [2.75, 3.05) is 24.6 Å². The zero-order valence-electron chi connectivity index (χ0n) is 13.1. The van der Waals surface area contributed by atoms with E-state index in [4.69, 9.17) is 11.6 Å². The molecule has 2 heterocycles. The molecule has 0 aromatic carbocycles. The SMILES string of the molecule is CC(O)CC#Cc1cnc(Cl)cc1N1CCC(C)(CO)CC1. The van der Waals surface area contributed by atoms with Crippen LogP contribution in [0, 0.1) is 17.3 Å². The van der Waals surface area contributed by atoms with Crippen molar-refractivity contribution in [2.45, 2.75) is 39.2 Å². The maximum atomic E-state index is 9.48. The molecule has 2 rings (SSSR count). The Labute approximate surface area is 137 Å². The third-order valence-electron chi connectivity index (χ3n) is 4.16. The quantitative estimate of drug-likeness (QED) is 0.663. The summed E-state index contributed by atoms with van der Waals surface area (Å²) in [6.45, 7) is 5.78. The molecule has 4 nitrogen and oxygen atoms in total. The van der Waals surface area contributed by atoms with E-state index in [1.165, 1.54) is 0 Å². The van der Waals surface area contributed by atoms with Gasteiger partial charge in [0, 0.05) is 38.4 Å². The largest absolute Gasteiger partial charge is 0.396 e. The van der Waals surface area contributed by atoms with E-state index in [0.29, 0.717) is 11.6 Å². The maximum absolute atomic E-state index is 9.48. The molecule has 22 heavy (non-hydrogen) atoms. The first-order valence-electron chi connectivity index (χ1n) is 7.62. The summed E-state index contributed by atoms with van der Waals surface area (Å²) in [5.41, 5.74) is 1.82. The first kappa shape index (κ1) is 17.1. The molecule has 0 radical (unpaired) electrons. The lowest BCUT2D eigenvalue weighted by molar-refractivity contribution is 0.115. The summed E-state index contributed by atoms with van der Waals surface area (Å²) in [5.74, 6) is 6.06. The van der Waals surface area contributed by atoms with Gasteiger partial charge in [-0.3, -0.25) is 0 Å². The van der Waals surface area contributed by atoms with Crippen molar-refractivity contribution in [3.05, 3.63) is 23.0 Å². The number of nitrogens with zero attached hydrogens (tertiary/aromatic N) is 2. The summed E-state index contributed by atoms with van der Waals surface area (Å²) in [5, 5.41) is 19.2. The summed E-state index contributed by atoms with van der Waals surface area (Å²) in [7, 11) is 0. The van der Waals surface area contributed by atoms with E-state index in [-0.39, 0.29) is 12.0 Å². The second kappa shape index (κ2) is 7.32. The Balaban J connectivity index is 2.19. The minimum Gasteiger partial charge on any atom is -0.396 e. The van der Waals surface area contributed by atoms with Crippen molar-refractivity contribution in [3.8, 4) is 11.8 Å². The van der Waals surface area contributed by atoms with Crippen LogP contribution in [0.15, 0.2) is 12.3 Å². The highest BCUT2D eigenvalue weighted by atomic mass is 35.5. The molecule has 0 bridgehead atoms. The summed E-state index contributed by atoms with van der Waals surface area (Å²) in [6, 6.07) is 1.84. The standard InChI is InChI=1S/C17H23ClN2O2/c1-13(22)4-3-5-14-11-19-16(18)10-15(14)20-8-6-17(2,12-21)7-9-20/h10-11,13,21-22H,4,6-9,12H2,1-2H3. The summed E-state index contributed by atoms with van der Waals surface area (Å²) < 4.78 is 0. The molecule has 0 saturated carbocycles. The van der Waals surface area contributed by atoms with Crippen LogP contribution in [0.5, 0.6) is 0 Å². The second-order valence-corrected chi connectivity index (χ2v) is 6.72. The molecule has 1 aliphatic rings. The van der Waals surface area contributed by atoms with Gasteiger partial charge >= 0.3 is 0 Å². The molecule has 0 amide bonds. The zero-order chi connectivity index (χ0) is 16.2. The predicted octanol–water partition coefficient (Wildman–Crippen LogP) is 2.46. The van der Waals surface area contributed by atoms with Crippen LogP contribution >= 0.6 is 11.6 Å². The number of anilines is 1. The summed E-state index contributed by atoms with van der Waals surface area (Å²) in [4.78, 5) is 6.36. The Bertz CT molecular complexity index is 570. The van der Waals surface area contributed by atoms with Gasteiger partial charge in [-0.2, -0.15) is 0 Å². The first-order valence-corrected chi connectivity index (χ1v) is 8.00. The van der Waals surface area contributed by atoms with Gasteiger partial charge in [0.1, 0.15) is 5.15 Å². The van der Waals surface area contributed by atoms with E-state index in [2.05, 4.69) is 28.6 Å². The molecule has 120 valence electrons. The summed E-state index contributed by atoms with van der Waals surface area (Å²) >= 11 is 6.04. The van der Waals surface area contributed by atoms with Gasteiger partial charge in [0.15, 0.2) is 0 Å². The summed E-state index contributed by atoms with van der Waals surface area (Å²) in [6.07, 6.45) is 3.56. The molecule has 1 aromatic heterocycles. The predicted molar refractivity (Wildman–Crippen MR) is 89.1 cm³/mol. The van der Waals surface area contributed by atoms with Gasteiger partial charge in [-0.15, -0.1) is 0 Å². The third kappa shape index (κ3) is 4.36. The average Bonchev–Trinajstić information content (AvgIpc) is 2.49. The van der Waals surface area contributed by atoms with Crippen LogP contribution in [0.3, 0.4) is 0 Å². The number of hydrogen-bond acceptors (Lipinski definition) is 4. The van der Waals surface area contributed by atoms with E-state index >= 15 is 0 Å². The molecular formula is C17H23ClN2O2.